The molecule has 0 amide bonds. The van der Waals surface area contributed by atoms with Crippen molar-refractivity contribution >= 4 is 11.7 Å². The fourth-order valence-corrected chi connectivity index (χ4v) is 1.70. The molecule has 0 fully saturated rings. The first-order valence-electron chi connectivity index (χ1n) is 5.10. The molecule has 0 saturated carbocycles. The van der Waals surface area contributed by atoms with Gasteiger partial charge in [-0.1, -0.05) is 48.6 Å². The Morgan fingerprint density at radius 3 is 2.81 bits per heavy atom. The molecule has 1 aromatic carbocycles. The van der Waals surface area contributed by atoms with Gasteiger partial charge in [-0.25, -0.2) is 4.79 Å². The summed E-state index contributed by atoms with van der Waals surface area (Å²) in [6, 6.07) is 10.1. The van der Waals surface area contributed by atoms with Gasteiger partial charge in [0.05, 0.1) is 0 Å². The molecule has 0 bridgehead atoms. The summed E-state index contributed by atoms with van der Waals surface area (Å²) in [7, 11) is 0. The Morgan fingerprint density at radius 1 is 1.25 bits per heavy atom. The van der Waals surface area contributed by atoms with Gasteiger partial charge in [-0.2, -0.15) is 4.99 Å². The molecule has 16 heavy (non-hydrogen) atoms. The van der Waals surface area contributed by atoms with Crippen LogP contribution in [0.15, 0.2) is 65.3 Å². The van der Waals surface area contributed by atoms with Crippen molar-refractivity contribution in [2.24, 2.45) is 4.99 Å². The fraction of sp³-hybridized carbons (Fsp3) is 0.0714. The molecule has 78 valence electrons. The highest BCUT2D eigenvalue weighted by molar-refractivity contribution is 5.81. The molecule has 0 N–H and O–H groups in total. The fourth-order valence-electron chi connectivity index (χ4n) is 1.70. The summed E-state index contributed by atoms with van der Waals surface area (Å²) in [6.45, 7) is 0. The monoisotopic (exact) mass is 209 g/mol. The van der Waals surface area contributed by atoms with Gasteiger partial charge in [-0.15, -0.1) is 0 Å². The molecule has 0 spiro atoms. The molecule has 2 heteroatoms. The average Bonchev–Trinajstić information content (AvgIpc) is 2.38. The third-order valence-corrected chi connectivity index (χ3v) is 2.44. The summed E-state index contributed by atoms with van der Waals surface area (Å²) in [5.74, 6) is 0. The minimum absolute atomic E-state index is 0.798. The zero-order valence-electron chi connectivity index (χ0n) is 8.76. The van der Waals surface area contributed by atoms with Crippen LogP contribution in [0, 0.1) is 0 Å². The van der Waals surface area contributed by atoms with Gasteiger partial charge < -0.3 is 0 Å². The van der Waals surface area contributed by atoms with E-state index in [-0.39, 0.29) is 0 Å². The maximum Gasteiger partial charge on any atom is 0.239 e. The summed E-state index contributed by atoms with van der Waals surface area (Å²) in [5, 5.41) is 0. The molecule has 0 heterocycles. The van der Waals surface area contributed by atoms with Crippen LogP contribution in [0.25, 0.3) is 5.57 Å². The highest BCUT2D eigenvalue weighted by atomic mass is 16.1. The highest BCUT2D eigenvalue weighted by Gasteiger charge is 2.08. The first-order chi connectivity index (χ1) is 7.92. The topological polar surface area (TPSA) is 29.4 Å². The van der Waals surface area contributed by atoms with Gasteiger partial charge in [-0.05, 0) is 23.1 Å². The third kappa shape index (κ3) is 2.25. The van der Waals surface area contributed by atoms with Gasteiger partial charge in [0.2, 0.25) is 6.08 Å². The second kappa shape index (κ2) is 5.06. The Morgan fingerprint density at radius 2 is 2.06 bits per heavy atom. The Hall–Kier alpha value is -2.18. The molecule has 0 unspecified atom stereocenters. The van der Waals surface area contributed by atoms with E-state index in [2.05, 4.69) is 4.99 Å². The van der Waals surface area contributed by atoms with E-state index in [1.807, 2.05) is 48.6 Å². The normalized spacial score (nSPS) is 16.8. The lowest BCUT2D eigenvalue weighted by molar-refractivity contribution is 0.565. The van der Waals surface area contributed by atoms with Gasteiger partial charge in [0.1, 0.15) is 0 Å². The number of nitrogens with zero attached hydrogens (tertiary/aromatic N) is 1. The summed E-state index contributed by atoms with van der Waals surface area (Å²) >= 11 is 0. The molecule has 0 atom stereocenters. The summed E-state index contributed by atoms with van der Waals surface area (Å²) < 4.78 is 0. The Kier molecular flexibility index (Phi) is 3.27. The molecule has 0 aliphatic heterocycles. The van der Waals surface area contributed by atoms with Crippen LogP contribution in [-0.4, -0.2) is 6.08 Å². The van der Waals surface area contributed by atoms with E-state index in [0.29, 0.717) is 0 Å². The van der Waals surface area contributed by atoms with Crippen LogP contribution < -0.4 is 0 Å². The lowest BCUT2D eigenvalue weighted by atomic mass is 9.93. The minimum Gasteiger partial charge on any atom is -0.211 e. The molecule has 0 saturated heterocycles. The molecule has 0 radical (unpaired) electrons. The number of carbonyl (C=O) groups excluding carboxylic acids is 1. The molecule has 1 aliphatic rings. The van der Waals surface area contributed by atoms with Crippen LogP contribution in [0.4, 0.5) is 0 Å². The van der Waals surface area contributed by atoms with Crippen molar-refractivity contribution in [1.29, 1.82) is 0 Å². The summed E-state index contributed by atoms with van der Waals surface area (Å²) in [4.78, 5) is 13.6. The third-order valence-electron chi connectivity index (χ3n) is 2.44. The van der Waals surface area contributed by atoms with Crippen LogP contribution in [0.2, 0.25) is 0 Å². The lowest BCUT2D eigenvalue weighted by Gasteiger charge is -2.12. The van der Waals surface area contributed by atoms with E-state index in [0.717, 1.165) is 23.1 Å². The average molecular weight is 209 g/mol. The van der Waals surface area contributed by atoms with E-state index in [1.165, 1.54) is 6.08 Å². The van der Waals surface area contributed by atoms with Crippen LogP contribution in [0.3, 0.4) is 0 Å². The Bertz CT molecular complexity index is 503. The molecular formula is C14H11NO. The van der Waals surface area contributed by atoms with Gasteiger partial charge in [0.25, 0.3) is 0 Å². The number of aliphatic imine (C=N–C) groups is 1. The van der Waals surface area contributed by atoms with Crippen molar-refractivity contribution in [2.45, 2.75) is 6.42 Å². The quantitative estimate of drug-likeness (QED) is 0.543. The van der Waals surface area contributed by atoms with Crippen LogP contribution in [-0.2, 0) is 4.79 Å². The van der Waals surface area contributed by atoms with Crippen molar-refractivity contribution in [1.82, 2.24) is 0 Å². The predicted molar refractivity (Wildman–Crippen MR) is 64.4 cm³/mol. The number of rotatable bonds is 2. The van der Waals surface area contributed by atoms with E-state index in [9.17, 15) is 4.79 Å². The van der Waals surface area contributed by atoms with Crippen LogP contribution in [0.5, 0.6) is 0 Å². The van der Waals surface area contributed by atoms with Crippen molar-refractivity contribution in [3.05, 3.63) is 65.9 Å². The zero-order chi connectivity index (χ0) is 11.2. The van der Waals surface area contributed by atoms with Gasteiger partial charge in [-0.3, -0.25) is 0 Å². The number of hydrogen-bond donors (Lipinski definition) is 0. The zero-order valence-corrected chi connectivity index (χ0v) is 8.76. The van der Waals surface area contributed by atoms with Crippen LogP contribution in [0.1, 0.15) is 12.0 Å². The van der Waals surface area contributed by atoms with E-state index in [1.54, 1.807) is 6.20 Å². The first-order valence-corrected chi connectivity index (χ1v) is 5.10. The molecule has 2 rings (SSSR count). The van der Waals surface area contributed by atoms with E-state index < -0.39 is 0 Å². The molecular weight excluding hydrogens is 198 g/mol. The highest BCUT2D eigenvalue weighted by Crippen LogP contribution is 2.28. The molecule has 1 aliphatic carbocycles. The van der Waals surface area contributed by atoms with Gasteiger partial charge in [0.15, 0.2) is 0 Å². The SMILES string of the molecule is O=C=NC=C1CC=CC=C1c1ccccc1. The molecule has 1 aromatic rings. The van der Waals surface area contributed by atoms with Gasteiger partial charge >= 0.3 is 0 Å². The van der Waals surface area contributed by atoms with E-state index in [4.69, 9.17) is 0 Å². The minimum atomic E-state index is 0.798. The number of hydrogen-bond acceptors (Lipinski definition) is 2. The largest absolute Gasteiger partial charge is 0.239 e. The predicted octanol–water partition coefficient (Wildman–Crippen LogP) is 3.25. The second-order valence-corrected chi connectivity index (χ2v) is 3.45. The van der Waals surface area contributed by atoms with Crippen molar-refractivity contribution in [2.75, 3.05) is 0 Å². The van der Waals surface area contributed by atoms with Gasteiger partial charge in [0, 0.05) is 6.20 Å². The lowest BCUT2D eigenvalue weighted by Crippen LogP contribution is -1.92. The summed E-state index contributed by atoms with van der Waals surface area (Å²) in [6.07, 6.45) is 10.0. The van der Waals surface area contributed by atoms with E-state index >= 15 is 0 Å². The summed E-state index contributed by atoms with van der Waals surface area (Å²) in [5.41, 5.74) is 3.29. The number of allylic oxidation sites excluding steroid dienone is 5. The Balaban J connectivity index is 2.41. The second-order valence-electron chi connectivity index (χ2n) is 3.45. The smallest absolute Gasteiger partial charge is 0.211 e. The maximum atomic E-state index is 10.1. The van der Waals surface area contributed by atoms with Crippen molar-refractivity contribution < 1.29 is 4.79 Å². The standard InChI is InChI=1S/C14H11NO/c16-11-15-10-13-8-4-5-9-14(13)12-6-2-1-3-7-12/h1-7,9-10H,8H2. The molecule has 0 aromatic heterocycles. The van der Waals surface area contributed by atoms with Crippen molar-refractivity contribution in [3.63, 3.8) is 0 Å². The van der Waals surface area contributed by atoms with Crippen LogP contribution >= 0.6 is 0 Å². The first kappa shape index (κ1) is 10.3. The Labute approximate surface area is 94.3 Å². The molecule has 2 nitrogen and oxygen atoms in total. The number of isocyanates is 1. The maximum absolute atomic E-state index is 10.1. The number of benzene rings is 1. The van der Waals surface area contributed by atoms with Crippen molar-refractivity contribution in [3.8, 4) is 0 Å².